The molecule has 0 saturated carbocycles. The lowest BCUT2D eigenvalue weighted by atomic mass is 10.2. The first-order valence-corrected chi connectivity index (χ1v) is 6.46. The molecule has 0 bridgehead atoms. The van der Waals surface area contributed by atoms with E-state index in [9.17, 15) is 9.59 Å². The van der Waals surface area contributed by atoms with Crippen molar-refractivity contribution in [3.8, 4) is 11.5 Å². The Labute approximate surface area is 126 Å². The van der Waals surface area contributed by atoms with Gasteiger partial charge in [0.15, 0.2) is 11.5 Å². The van der Waals surface area contributed by atoms with E-state index in [0.717, 1.165) is 10.1 Å². The minimum atomic E-state index is -0.605. The van der Waals surface area contributed by atoms with E-state index in [-0.39, 0.29) is 18.1 Å². The minimum Gasteiger partial charge on any atom is -0.493 e. The zero-order chi connectivity index (χ0) is 16.4. The number of hydrogen-bond donors (Lipinski definition) is 2. The van der Waals surface area contributed by atoms with Gasteiger partial charge in [0.05, 0.1) is 20.8 Å². The van der Waals surface area contributed by atoms with E-state index < -0.39 is 11.2 Å². The Kier molecular flexibility index (Phi) is 4.11. The van der Waals surface area contributed by atoms with Gasteiger partial charge in [-0.05, 0) is 17.7 Å². The van der Waals surface area contributed by atoms with Crippen molar-refractivity contribution in [3.05, 3.63) is 44.6 Å². The molecule has 0 aliphatic heterocycles. The Hall–Kier alpha value is -2.90. The Bertz CT molecular complexity index is 823. The van der Waals surface area contributed by atoms with Gasteiger partial charge < -0.3 is 20.9 Å². The molecule has 8 heteroatoms. The van der Waals surface area contributed by atoms with Crippen molar-refractivity contribution in [2.24, 2.45) is 7.05 Å². The molecular weight excluding hydrogens is 288 g/mol. The first-order chi connectivity index (χ1) is 10.4. The van der Waals surface area contributed by atoms with Gasteiger partial charge in [-0.25, -0.2) is 4.79 Å². The summed E-state index contributed by atoms with van der Waals surface area (Å²) >= 11 is 0. The van der Waals surface area contributed by atoms with E-state index in [1.54, 1.807) is 18.2 Å². The number of hydrogen-bond acceptors (Lipinski definition) is 6. The van der Waals surface area contributed by atoms with Crippen molar-refractivity contribution in [1.82, 2.24) is 9.13 Å². The van der Waals surface area contributed by atoms with E-state index >= 15 is 0 Å². The summed E-state index contributed by atoms with van der Waals surface area (Å²) in [5.41, 5.74) is 10.9. The topological polar surface area (TPSA) is 115 Å². The highest BCUT2D eigenvalue weighted by Crippen LogP contribution is 2.28. The van der Waals surface area contributed by atoms with Crippen LogP contribution in [0.15, 0.2) is 27.8 Å². The highest BCUT2D eigenvalue weighted by atomic mass is 16.5. The van der Waals surface area contributed by atoms with Crippen LogP contribution in [0.3, 0.4) is 0 Å². The molecule has 22 heavy (non-hydrogen) atoms. The highest BCUT2D eigenvalue weighted by Gasteiger charge is 2.14. The average molecular weight is 306 g/mol. The quantitative estimate of drug-likeness (QED) is 0.807. The van der Waals surface area contributed by atoms with Gasteiger partial charge in [-0.2, -0.15) is 0 Å². The van der Waals surface area contributed by atoms with Crippen LogP contribution < -0.4 is 32.2 Å². The number of nitrogens with zero attached hydrogens (tertiary/aromatic N) is 2. The van der Waals surface area contributed by atoms with Crippen LogP contribution in [0.5, 0.6) is 11.5 Å². The first kappa shape index (κ1) is 15.5. The minimum absolute atomic E-state index is 0.0529. The maximum absolute atomic E-state index is 12.2. The third-order valence-electron chi connectivity index (χ3n) is 3.41. The second kappa shape index (κ2) is 5.84. The molecule has 0 radical (unpaired) electrons. The van der Waals surface area contributed by atoms with Gasteiger partial charge in [0.25, 0.3) is 5.56 Å². The average Bonchev–Trinajstić information content (AvgIpc) is 2.54. The fourth-order valence-electron chi connectivity index (χ4n) is 2.12. The van der Waals surface area contributed by atoms with E-state index in [1.165, 1.54) is 25.8 Å². The van der Waals surface area contributed by atoms with Crippen molar-refractivity contribution >= 4 is 11.5 Å². The zero-order valence-corrected chi connectivity index (χ0v) is 12.6. The lowest BCUT2D eigenvalue weighted by Crippen LogP contribution is -2.40. The van der Waals surface area contributed by atoms with Gasteiger partial charge in [-0.15, -0.1) is 0 Å². The van der Waals surface area contributed by atoms with Crippen LogP contribution in [0.1, 0.15) is 5.56 Å². The lowest BCUT2D eigenvalue weighted by molar-refractivity contribution is 0.354. The number of aromatic nitrogens is 2. The SMILES string of the molecule is COc1ccc(Cn2c(N)c(N)c(=O)n(C)c2=O)cc1OC. The van der Waals surface area contributed by atoms with Crippen LogP contribution >= 0.6 is 0 Å². The molecule has 0 fully saturated rings. The third kappa shape index (κ3) is 2.50. The summed E-state index contributed by atoms with van der Waals surface area (Å²) in [6, 6.07) is 5.22. The summed E-state index contributed by atoms with van der Waals surface area (Å²) in [6.07, 6.45) is 0. The van der Waals surface area contributed by atoms with Crippen molar-refractivity contribution < 1.29 is 9.47 Å². The molecule has 118 valence electrons. The second-order valence-corrected chi connectivity index (χ2v) is 4.72. The Morgan fingerprint density at radius 3 is 2.32 bits per heavy atom. The molecule has 0 atom stereocenters. The molecule has 1 heterocycles. The van der Waals surface area contributed by atoms with Crippen LogP contribution in [0.4, 0.5) is 11.5 Å². The smallest absolute Gasteiger partial charge is 0.332 e. The molecule has 0 amide bonds. The molecule has 2 rings (SSSR count). The summed E-state index contributed by atoms with van der Waals surface area (Å²) in [6.45, 7) is 0.156. The Morgan fingerprint density at radius 1 is 1.09 bits per heavy atom. The van der Waals surface area contributed by atoms with Crippen molar-refractivity contribution in [3.63, 3.8) is 0 Å². The zero-order valence-electron chi connectivity index (χ0n) is 12.6. The summed E-state index contributed by atoms with van der Waals surface area (Å²) < 4.78 is 12.5. The van der Waals surface area contributed by atoms with E-state index in [2.05, 4.69) is 0 Å². The molecular formula is C14H18N4O4. The molecule has 8 nitrogen and oxygen atoms in total. The molecule has 0 aliphatic rings. The molecule has 2 aromatic rings. The normalized spacial score (nSPS) is 10.5. The summed E-state index contributed by atoms with van der Waals surface area (Å²) in [4.78, 5) is 23.9. The predicted molar refractivity (Wildman–Crippen MR) is 83.4 cm³/mol. The van der Waals surface area contributed by atoms with E-state index in [4.69, 9.17) is 20.9 Å². The number of rotatable bonds is 4. The van der Waals surface area contributed by atoms with Crippen LogP contribution in [0, 0.1) is 0 Å². The fraction of sp³-hybridized carbons (Fsp3) is 0.286. The summed E-state index contributed by atoms with van der Waals surface area (Å²) in [7, 11) is 4.41. The van der Waals surface area contributed by atoms with Gasteiger partial charge in [0, 0.05) is 7.05 Å². The Morgan fingerprint density at radius 2 is 1.73 bits per heavy atom. The number of nitrogens with two attached hydrogens (primary N) is 2. The van der Waals surface area contributed by atoms with E-state index in [1.807, 2.05) is 0 Å². The fourth-order valence-corrected chi connectivity index (χ4v) is 2.12. The number of benzene rings is 1. The monoisotopic (exact) mass is 306 g/mol. The molecule has 0 spiro atoms. The van der Waals surface area contributed by atoms with Crippen LogP contribution in [0.25, 0.3) is 0 Å². The summed E-state index contributed by atoms with van der Waals surface area (Å²) in [5.74, 6) is 1.05. The van der Waals surface area contributed by atoms with Crippen LogP contribution in [-0.4, -0.2) is 23.4 Å². The number of methoxy groups -OCH3 is 2. The van der Waals surface area contributed by atoms with Gasteiger partial charge in [-0.1, -0.05) is 6.07 Å². The van der Waals surface area contributed by atoms with Crippen LogP contribution in [-0.2, 0) is 13.6 Å². The number of ether oxygens (including phenoxy) is 2. The molecule has 0 unspecified atom stereocenters. The molecule has 0 saturated heterocycles. The van der Waals surface area contributed by atoms with Crippen molar-refractivity contribution in [2.75, 3.05) is 25.7 Å². The number of nitrogen functional groups attached to an aromatic ring is 2. The maximum Gasteiger partial charge on any atom is 0.332 e. The molecule has 4 N–H and O–H groups in total. The van der Waals surface area contributed by atoms with Crippen molar-refractivity contribution in [2.45, 2.75) is 6.54 Å². The largest absolute Gasteiger partial charge is 0.493 e. The van der Waals surface area contributed by atoms with Crippen molar-refractivity contribution in [1.29, 1.82) is 0 Å². The predicted octanol–water partition coefficient (Wildman–Crippen LogP) is -0.223. The Balaban J connectivity index is 2.53. The third-order valence-corrected chi connectivity index (χ3v) is 3.41. The number of anilines is 2. The van der Waals surface area contributed by atoms with Gasteiger partial charge in [0.2, 0.25) is 0 Å². The maximum atomic E-state index is 12.2. The second-order valence-electron chi connectivity index (χ2n) is 4.72. The first-order valence-electron chi connectivity index (χ1n) is 6.46. The molecule has 1 aromatic carbocycles. The lowest BCUT2D eigenvalue weighted by Gasteiger charge is -2.14. The van der Waals surface area contributed by atoms with E-state index in [0.29, 0.717) is 11.5 Å². The van der Waals surface area contributed by atoms with Gasteiger partial charge in [-0.3, -0.25) is 13.9 Å². The van der Waals surface area contributed by atoms with Gasteiger partial charge >= 0.3 is 5.69 Å². The van der Waals surface area contributed by atoms with Gasteiger partial charge in [0.1, 0.15) is 11.5 Å². The standard InChI is InChI=1S/C14H18N4O4/c1-17-13(19)11(15)12(16)18(14(17)20)7-8-4-5-9(21-2)10(6-8)22-3/h4-6H,7,15-16H2,1-3H3. The molecule has 0 aliphatic carbocycles. The van der Waals surface area contributed by atoms with Crippen LogP contribution in [0.2, 0.25) is 0 Å². The molecule has 1 aromatic heterocycles. The summed E-state index contributed by atoms with van der Waals surface area (Å²) in [5, 5.41) is 0. The highest BCUT2D eigenvalue weighted by molar-refractivity contribution is 5.57.